The van der Waals surface area contributed by atoms with Crippen molar-refractivity contribution in [2.45, 2.75) is 25.9 Å². The fourth-order valence-electron chi connectivity index (χ4n) is 3.24. The lowest BCUT2D eigenvalue weighted by Crippen LogP contribution is -2.52. The number of aliphatic carboxylic acids is 1. The average molecular weight is 328 g/mol. The van der Waals surface area contributed by atoms with E-state index in [4.69, 9.17) is 0 Å². The molecule has 1 aliphatic rings. The number of benzene rings is 1. The van der Waals surface area contributed by atoms with E-state index < -0.39 is 5.97 Å². The monoisotopic (exact) mass is 328 g/mol. The van der Waals surface area contributed by atoms with E-state index in [2.05, 4.69) is 21.1 Å². The van der Waals surface area contributed by atoms with Gasteiger partial charge >= 0.3 is 5.97 Å². The minimum Gasteiger partial charge on any atom is -0.480 e. The molecule has 6 heteroatoms. The lowest BCUT2D eigenvalue weighted by Gasteiger charge is -2.37. The zero-order valence-electron chi connectivity index (χ0n) is 14.0. The van der Waals surface area contributed by atoms with Gasteiger partial charge in [0.25, 0.3) is 0 Å². The minimum atomic E-state index is -0.713. The van der Waals surface area contributed by atoms with E-state index in [9.17, 15) is 9.90 Å². The van der Waals surface area contributed by atoms with Crippen LogP contribution in [0, 0.1) is 0 Å². The van der Waals surface area contributed by atoms with Gasteiger partial charge in [-0.3, -0.25) is 14.6 Å². The predicted molar refractivity (Wildman–Crippen MR) is 92.1 cm³/mol. The number of nitrogens with zero attached hydrogens (tertiary/aromatic N) is 4. The number of hydrogen-bond acceptors (Lipinski definition) is 4. The van der Waals surface area contributed by atoms with Gasteiger partial charge < -0.3 is 5.11 Å². The van der Waals surface area contributed by atoms with Crippen LogP contribution in [0.5, 0.6) is 0 Å². The summed E-state index contributed by atoms with van der Waals surface area (Å²) in [6, 6.07) is 9.71. The second-order valence-electron chi connectivity index (χ2n) is 6.20. The molecule has 1 saturated heterocycles. The molecule has 0 amide bonds. The first-order valence-corrected chi connectivity index (χ1v) is 8.45. The molecule has 0 radical (unpaired) electrons. The Morgan fingerprint density at radius 1 is 1.21 bits per heavy atom. The van der Waals surface area contributed by atoms with Gasteiger partial charge in [0.1, 0.15) is 6.04 Å². The van der Waals surface area contributed by atoms with Gasteiger partial charge in [-0.1, -0.05) is 25.1 Å². The summed E-state index contributed by atoms with van der Waals surface area (Å²) in [6.07, 6.45) is 4.62. The van der Waals surface area contributed by atoms with Crippen LogP contribution in [-0.4, -0.2) is 62.9 Å². The van der Waals surface area contributed by atoms with Crippen LogP contribution in [0.3, 0.4) is 0 Å². The second kappa shape index (κ2) is 7.59. The number of para-hydroxylation sites is 1. The minimum absolute atomic E-state index is 0.354. The van der Waals surface area contributed by atoms with Crippen molar-refractivity contribution in [2.24, 2.45) is 0 Å². The molecule has 1 N–H and O–H groups in total. The van der Waals surface area contributed by atoms with Gasteiger partial charge in [-0.25, -0.2) is 4.68 Å². The van der Waals surface area contributed by atoms with E-state index in [0.29, 0.717) is 6.42 Å². The summed E-state index contributed by atoms with van der Waals surface area (Å²) in [5, 5.41) is 13.7. The van der Waals surface area contributed by atoms with E-state index in [0.717, 1.165) is 38.4 Å². The van der Waals surface area contributed by atoms with E-state index in [1.165, 1.54) is 5.56 Å². The van der Waals surface area contributed by atoms with Crippen molar-refractivity contribution >= 4 is 5.97 Å². The predicted octanol–water partition coefficient (Wildman–Crippen LogP) is 1.85. The maximum Gasteiger partial charge on any atom is 0.320 e. The standard InChI is InChI=1S/C18H24N4O2/c1-2-17(18(23)24)21-10-8-20(9-11-21)13-15-12-19-22(14-15)16-6-4-3-5-7-16/h3-7,12,14,17H,2,8-11,13H2,1H3,(H,23,24). The molecule has 0 spiro atoms. The Morgan fingerprint density at radius 3 is 2.54 bits per heavy atom. The zero-order valence-corrected chi connectivity index (χ0v) is 14.0. The van der Waals surface area contributed by atoms with Crippen LogP contribution in [0.15, 0.2) is 42.7 Å². The number of piperazine rings is 1. The molecule has 1 atom stereocenters. The Hall–Kier alpha value is -2.18. The van der Waals surface area contributed by atoms with Gasteiger partial charge in [0, 0.05) is 44.5 Å². The van der Waals surface area contributed by atoms with Crippen LogP contribution in [0.4, 0.5) is 0 Å². The van der Waals surface area contributed by atoms with E-state index in [1.54, 1.807) is 0 Å². The van der Waals surface area contributed by atoms with Crippen molar-refractivity contribution in [1.82, 2.24) is 19.6 Å². The molecule has 2 heterocycles. The van der Waals surface area contributed by atoms with Crippen LogP contribution in [0.25, 0.3) is 5.69 Å². The largest absolute Gasteiger partial charge is 0.480 e. The normalized spacial score (nSPS) is 17.7. The third-order valence-electron chi connectivity index (χ3n) is 4.58. The summed E-state index contributed by atoms with van der Waals surface area (Å²) < 4.78 is 1.89. The Kier molecular flexibility index (Phi) is 5.27. The number of rotatable bonds is 6. The highest BCUT2D eigenvalue weighted by Gasteiger charge is 2.27. The highest BCUT2D eigenvalue weighted by atomic mass is 16.4. The summed E-state index contributed by atoms with van der Waals surface area (Å²) in [4.78, 5) is 15.7. The highest BCUT2D eigenvalue weighted by molar-refractivity contribution is 5.73. The van der Waals surface area contributed by atoms with Gasteiger partial charge in [-0.15, -0.1) is 0 Å². The summed E-state index contributed by atoms with van der Waals surface area (Å²) in [6.45, 7) is 6.17. The Bertz CT molecular complexity index is 663. The van der Waals surface area contributed by atoms with Crippen LogP contribution in [0.2, 0.25) is 0 Å². The molecule has 1 aromatic heterocycles. The second-order valence-corrected chi connectivity index (χ2v) is 6.20. The average Bonchev–Trinajstić information content (AvgIpc) is 3.06. The number of hydrogen-bond donors (Lipinski definition) is 1. The first-order valence-electron chi connectivity index (χ1n) is 8.45. The number of carbonyl (C=O) groups is 1. The molecule has 24 heavy (non-hydrogen) atoms. The SMILES string of the molecule is CCC(C(=O)O)N1CCN(Cc2cnn(-c3ccccc3)c2)CC1. The van der Waals surface area contributed by atoms with Gasteiger partial charge in [0.2, 0.25) is 0 Å². The molecule has 0 aliphatic carbocycles. The van der Waals surface area contributed by atoms with Gasteiger partial charge in [0.15, 0.2) is 0 Å². The number of aromatic nitrogens is 2. The van der Waals surface area contributed by atoms with Crippen molar-refractivity contribution in [3.8, 4) is 5.69 Å². The molecular weight excluding hydrogens is 304 g/mol. The maximum absolute atomic E-state index is 11.3. The highest BCUT2D eigenvalue weighted by Crippen LogP contribution is 2.14. The van der Waals surface area contributed by atoms with E-state index >= 15 is 0 Å². The smallest absolute Gasteiger partial charge is 0.320 e. The zero-order chi connectivity index (χ0) is 16.9. The molecule has 0 saturated carbocycles. The van der Waals surface area contributed by atoms with Crippen LogP contribution >= 0.6 is 0 Å². The van der Waals surface area contributed by atoms with E-state index in [-0.39, 0.29) is 6.04 Å². The molecule has 1 fully saturated rings. The fraction of sp³-hybridized carbons (Fsp3) is 0.444. The summed E-state index contributed by atoms with van der Waals surface area (Å²) in [5.74, 6) is -0.713. The third-order valence-corrected chi connectivity index (χ3v) is 4.58. The van der Waals surface area contributed by atoms with Crippen molar-refractivity contribution in [1.29, 1.82) is 0 Å². The van der Waals surface area contributed by atoms with Crippen LogP contribution in [0.1, 0.15) is 18.9 Å². The molecule has 6 nitrogen and oxygen atoms in total. The molecule has 0 bridgehead atoms. The van der Waals surface area contributed by atoms with Crippen LogP contribution in [-0.2, 0) is 11.3 Å². The van der Waals surface area contributed by atoms with Crippen LogP contribution < -0.4 is 0 Å². The van der Waals surface area contributed by atoms with Crippen molar-refractivity contribution < 1.29 is 9.90 Å². The molecule has 2 aromatic rings. The van der Waals surface area contributed by atoms with E-state index in [1.807, 2.05) is 48.1 Å². The fourth-order valence-corrected chi connectivity index (χ4v) is 3.24. The summed E-state index contributed by atoms with van der Waals surface area (Å²) >= 11 is 0. The number of carboxylic acid groups (broad SMARTS) is 1. The quantitative estimate of drug-likeness (QED) is 0.877. The number of carboxylic acids is 1. The van der Waals surface area contributed by atoms with Gasteiger partial charge in [0.05, 0.1) is 11.9 Å². The van der Waals surface area contributed by atoms with Crippen molar-refractivity contribution in [3.63, 3.8) is 0 Å². The molecule has 1 aromatic carbocycles. The maximum atomic E-state index is 11.3. The summed E-state index contributed by atoms with van der Waals surface area (Å²) in [7, 11) is 0. The topological polar surface area (TPSA) is 61.6 Å². The molecule has 128 valence electrons. The first-order chi connectivity index (χ1) is 11.7. The van der Waals surface area contributed by atoms with Crippen molar-refractivity contribution in [3.05, 3.63) is 48.3 Å². The van der Waals surface area contributed by atoms with Gasteiger partial charge in [-0.05, 0) is 18.6 Å². The Morgan fingerprint density at radius 2 is 1.92 bits per heavy atom. The van der Waals surface area contributed by atoms with Gasteiger partial charge in [-0.2, -0.15) is 5.10 Å². The van der Waals surface area contributed by atoms with Crippen molar-refractivity contribution in [2.75, 3.05) is 26.2 Å². The molecule has 1 aliphatic heterocycles. The third kappa shape index (κ3) is 3.83. The molecule has 1 unspecified atom stereocenters. The summed E-state index contributed by atoms with van der Waals surface area (Å²) in [5.41, 5.74) is 2.23. The first kappa shape index (κ1) is 16.7. The molecular formula is C18H24N4O2. The lowest BCUT2D eigenvalue weighted by atomic mass is 10.1. The Balaban J connectivity index is 1.55. The molecule has 3 rings (SSSR count). The lowest BCUT2D eigenvalue weighted by molar-refractivity contribution is -0.144. The Labute approximate surface area is 142 Å².